The topological polar surface area (TPSA) is 106 Å². The van der Waals surface area contributed by atoms with Crippen LogP contribution in [0.25, 0.3) is 5.69 Å². The molecule has 0 saturated carbocycles. The summed E-state index contributed by atoms with van der Waals surface area (Å²) in [7, 11) is 0. The monoisotopic (exact) mass is 386 g/mol. The van der Waals surface area contributed by atoms with Gasteiger partial charge in [0.1, 0.15) is 17.0 Å². The van der Waals surface area contributed by atoms with E-state index in [1.807, 2.05) is 0 Å². The lowest BCUT2D eigenvalue weighted by Crippen LogP contribution is -2.27. The number of halogens is 3. The van der Waals surface area contributed by atoms with Crippen molar-refractivity contribution in [3.63, 3.8) is 0 Å². The number of rotatable bonds is 3. The minimum Gasteiger partial charge on any atom is -0.478 e. The summed E-state index contributed by atoms with van der Waals surface area (Å²) in [6.45, 7) is 6.41. The van der Waals surface area contributed by atoms with Gasteiger partial charge in [-0.05, 0) is 33.3 Å². The van der Waals surface area contributed by atoms with Crippen LogP contribution in [0.15, 0.2) is 18.5 Å². The van der Waals surface area contributed by atoms with Gasteiger partial charge in [-0.15, -0.1) is 0 Å². The summed E-state index contributed by atoms with van der Waals surface area (Å²) in [4.78, 5) is 26.8. The van der Waals surface area contributed by atoms with Crippen LogP contribution in [0.4, 0.5) is 23.8 Å². The zero-order valence-electron chi connectivity index (χ0n) is 14.9. The number of amides is 1. The normalized spacial score (nSPS) is 12.0. The fourth-order valence-corrected chi connectivity index (χ4v) is 2.18. The zero-order chi connectivity index (χ0) is 20.6. The summed E-state index contributed by atoms with van der Waals surface area (Å²) < 4.78 is 45.7. The Balaban J connectivity index is 2.49. The fraction of sp³-hybridized carbons (Fsp3) is 0.375. The number of anilines is 1. The number of pyridine rings is 1. The molecular weight excluding hydrogens is 369 g/mol. The van der Waals surface area contributed by atoms with E-state index in [2.05, 4.69) is 15.4 Å². The first-order valence-corrected chi connectivity index (χ1v) is 7.65. The maximum Gasteiger partial charge on any atom is 0.434 e. The second kappa shape index (κ2) is 6.89. The van der Waals surface area contributed by atoms with Crippen molar-refractivity contribution < 1.29 is 32.6 Å². The number of nitrogens with one attached hydrogen (secondary N) is 1. The average molecular weight is 386 g/mol. The van der Waals surface area contributed by atoms with Crippen LogP contribution in [0.2, 0.25) is 0 Å². The number of aryl methyl sites for hydroxylation is 1. The molecule has 2 aromatic heterocycles. The molecule has 0 aromatic carbocycles. The third kappa shape index (κ3) is 4.74. The highest BCUT2D eigenvalue weighted by Gasteiger charge is 2.41. The van der Waals surface area contributed by atoms with E-state index in [1.165, 1.54) is 13.1 Å². The van der Waals surface area contributed by atoms with Crippen LogP contribution in [0, 0.1) is 6.92 Å². The van der Waals surface area contributed by atoms with Crippen LogP contribution >= 0.6 is 0 Å². The van der Waals surface area contributed by atoms with Crippen molar-refractivity contribution in [2.75, 3.05) is 5.32 Å². The summed E-state index contributed by atoms with van der Waals surface area (Å²) in [5, 5.41) is 14.9. The van der Waals surface area contributed by atoms with E-state index in [4.69, 9.17) is 9.84 Å². The van der Waals surface area contributed by atoms with E-state index in [0.717, 1.165) is 6.07 Å². The summed E-state index contributed by atoms with van der Waals surface area (Å²) >= 11 is 0. The Kier molecular flexibility index (Phi) is 5.16. The Morgan fingerprint density at radius 1 is 1.22 bits per heavy atom. The number of aromatic carboxylic acids is 1. The quantitative estimate of drug-likeness (QED) is 0.834. The molecule has 2 aromatic rings. The minimum absolute atomic E-state index is 0.0784. The number of carboxylic acids is 1. The van der Waals surface area contributed by atoms with Gasteiger partial charge in [-0.3, -0.25) is 5.32 Å². The van der Waals surface area contributed by atoms with Crippen molar-refractivity contribution in [3.05, 3.63) is 35.3 Å². The van der Waals surface area contributed by atoms with Gasteiger partial charge in [0.25, 0.3) is 0 Å². The van der Waals surface area contributed by atoms with E-state index in [1.54, 1.807) is 20.8 Å². The highest BCUT2D eigenvalue weighted by Crippen LogP contribution is 2.34. The van der Waals surface area contributed by atoms with Crippen molar-refractivity contribution in [3.8, 4) is 5.69 Å². The number of nitrogens with zero attached hydrogens (tertiary/aromatic N) is 3. The predicted molar refractivity (Wildman–Crippen MR) is 87.9 cm³/mol. The van der Waals surface area contributed by atoms with Crippen LogP contribution in [0.3, 0.4) is 0 Å². The highest BCUT2D eigenvalue weighted by molar-refractivity contribution is 5.89. The molecule has 146 valence electrons. The van der Waals surface area contributed by atoms with Gasteiger partial charge < -0.3 is 9.84 Å². The predicted octanol–water partition coefficient (Wildman–Crippen LogP) is 3.64. The summed E-state index contributed by atoms with van der Waals surface area (Å²) in [6, 6.07) is 1.15. The third-order valence-corrected chi connectivity index (χ3v) is 3.20. The molecule has 0 spiro atoms. The van der Waals surface area contributed by atoms with E-state index in [9.17, 15) is 22.8 Å². The third-order valence-electron chi connectivity index (χ3n) is 3.20. The Bertz CT molecular complexity index is 885. The second-order valence-corrected chi connectivity index (χ2v) is 6.60. The minimum atomic E-state index is -4.96. The maximum atomic E-state index is 13.4. The molecule has 2 N–H and O–H groups in total. The van der Waals surface area contributed by atoms with Gasteiger partial charge in [-0.2, -0.15) is 18.3 Å². The SMILES string of the molecule is Cc1cnc(NC(=O)OC(C)(C)C)cc1-n1ncc(C(=O)O)c1C(F)(F)F. The second-order valence-electron chi connectivity index (χ2n) is 6.60. The Morgan fingerprint density at radius 2 is 1.85 bits per heavy atom. The van der Waals surface area contributed by atoms with Crippen LogP contribution in [0.5, 0.6) is 0 Å². The lowest BCUT2D eigenvalue weighted by molar-refractivity contribution is -0.143. The van der Waals surface area contributed by atoms with Crippen LogP contribution in [0.1, 0.15) is 42.4 Å². The fourth-order valence-electron chi connectivity index (χ4n) is 2.18. The molecule has 0 aliphatic carbocycles. The van der Waals surface area contributed by atoms with Crippen LogP contribution in [-0.2, 0) is 10.9 Å². The first kappa shape index (κ1) is 20.2. The van der Waals surface area contributed by atoms with Gasteiger partial charge in [0.2, 0.25) is 0 Å². The van der Waals surface area contributed by atoms with Crippen molar-refractivity contribution in [1.29, 1.82) is 0 Å². The maximum absolute atomic E-state index is 13.4. The molecular formula is C16H17F3N4O4. The number of hydrogen-bond donors (Lipinski definition) is 2. The van der Waals surface area contributed by atoms with Gasteiger partial charge in [0.05, 0.1) is 11.9 Å². The van der Waals surface area contributed by atoms with E-state index in [0.29, 0.717) is 10.9 Å². The Hall–Kier alpha value is -3.11. The number of ether oxygens (including phenoxy) is 1. The number of carboxylic acid groups (broad SMARTS) is 1. The molecule has 0 aliphatic heterocycles. The van der Waals surface area contributed by atoms with Crippen molar-refractivity contribution in [2.24, 2.45) is 0 Å². The summed E-state index contributed by atoms with van der Waals surface area (Å²) in [6.07, 6.45) is -3.96. The number of carbonyl (C=O) groups excluding carboxylic acids is 1. The van der Waals surface area contributed by atoms with Gasteiger partial charge in [-0.1, -0.05) is 0 Å². The molecule has 8 nitrogen and oxygen atoms in total. The van der Waals surface area contributed by atoms with Gasteiger partial charge in [0, 0.05) is 12.3 Å². The number of aromatic nitrogens is 3. The Morgan fingerprint density at radius 3 is 2.37 bits per heavy atom. The van der Waals surface area contributed by atoms with Crippen molar-refractivity contribution in [1.82, 2.24) is 14.8 Å². The summed E-state index contributed by atoms with van der Waals surface area (Å²) in [5.41, 5.74) is -3.00. The van der Waals surface area contributed by atoms with Crippen LogP contribution < -0.4 is 5.32 Å². The average Bonchev–Trinajstić information content (AvgIpc) is 2.92. The van der Waals surface area contributed by atoms with E-state index in [-0.39, 0.29) is 17.1 Å². The van der Waals surface area contributed by atoms with Crippen molar-refractivity contribution in [2.45, 2.75) is 39.5 Å². The van der Waals surface area contributed by atoms with Crippen LogP contribution in [-0.4, -0.2) is 37.5 Å². The molecule has 0 bridgehead atoms. The lowest BCUT2D eigenvalue weighted by atomic mass is 10.2. The van der Waals surface area contributed by atoms with Gasteiger partial charge >= 0.3 is 18.2 Å². The molecule has 0 saturated heterocycles. The number of alkyl halides is 3. The largest absolute Gasteiger partial charge is 0.478 e. The molecule has 2 rings (SSSR count). The van der Waals surface area contributed by atoms with E-state index >= 15 is 0 Å². The van der Waals surface area contributed by atoms with Gasteiger partial charge in [0.15, 0.2) is 5.69 Å². The zero-order valence-corrected chi connectivity index (χ0v) is 14.9. The molecule has 0 aliphatic rings. The summed E-state index contributed by atoms with van der Waals surface area (Å²) in [5.74, 6) is -1.84. The van der Waals surface area contributed by atoms with Crippen molar-refractivity contribution >= 4 is 17.9 Å². The van der Waals surface area contributed by atoms with E-state index < -0.39 is 35.1 Å². The lowest BCUT2D eigenvalue weighted by Gasteiger charge is -2.20. The molecule has 1 amide bonds. The molecule has 0 unspecified atom stereocenters. The molecule has 0 radical (unpaired) electrons. The molecule has 11 heteroatoms. The van der Waals surface area contributed by atoms with Gasteiger partial charge in [-0.25, -0.2) is 19.3 Å². The first-order valence-electron chi connectivity index (χ1n) is 7.65. The number of carbonyl (C=O) groups is 2. The molecule has 0 atom stereocenters. The Labute approximate surface area is 152 Å². The molecule has 0 fully saturated rings. The molecule has 27 heavy (non-hydrogen) atoms. The number of hydrogen-bond acceptors (Lipinski definition) is 5. The highest BCUT2D eigenvalue weighted by atomic mass is 19.4. The molecule has 2 heterocycles. The smallest absolute Gasteiger partial charge is 0.434 e. The first-order chi connectivity index (χ1) is 12.3. The standard InChI is InChI=1S/C16H17F3N4O4/c1-8-6-20-11(22-14(26)27-15(2,3)4)5-10(8)23-12(16(17,18)19)9(7-21-23)13(24)25/h5-7H,1-4H3,(H,24,25)(H,20,22,26).